The Bertz CT molecular complexity index is 588. The molecule has 1 heterocycles. The number of aryl methyl sites for hydroxylation is 1. The third-order valence-electron chi connectivity index (χ3n) is 2.73. The van der Waals surface area contributed by atoms with Gasteiger partial charge in [0, 0.05) is 31.5 Å². The normalized spacial score (nSPS) is 10.4. The second-order valence-electron chi connectivity index (χ2n) is 4.37. The van der Waals surface area contributed by atoms with Crippen LogP contribution in [0.5, 0.6) is 5.75 Å². The molecular formula is C14H15F2N3O2. The van der Waals surface area contributed by atoms with E-state index >= 15 is 0 Å². The van der Waals surface area contributed by atoms with Gasteiger partial charge in [-0.2, -0.15) is 0 Å². The average Bonchev–Trinajstić information content (AvgIpc) is 2.96. The molecule has 1 N–H and O–H groups in total. The zero-order valence-corrected chi connectivity index (χ0v) is 11.3. The minimum Gasteiger partial charge on any atom is -0.481 e. The summed E-state index contributed by atoms with van der Waals surface area (Å²) >= 11 is 0. The molecule has 2 aromatic rings. The van der Waals surface area contributed by atoms with Crippen LogP contribution in [0.25, 0.3) is 0 Å². The molecule has 0 aliphatic heterocycles. The minimum absolute atomic E-state index is 0.148. The van der Waals surface area contributed by atoms with E-state index in [1.807, 2.05) is 10.8 Å². The number of aromatic nitrogens is 2. The van der Waals surface area contributed by atoms with Gasteiger partial charge in [-0.3, -0.25) is 4.79 Å². The molecule has 0 aliphatic carbocycles. The van der Waals surface area contributed by atoms with E-state index in [1.54, 1.807) is 12.5 Å². The summed E-state index contributed by atoms with van der Waals surface area (Å²) in [4.78, 5) is 15.4. The number of hydrogen-bond donors (Lipinski definition) is 1. The summed E-state index contributed by atoms with van der Waals surface area (Å²) in [7, 11) is 0. The molecule has 1 aromatic carbocycles. The number of carbonyl (C=O) groups excluding carboxylic acids is 1. The largest absolute Gasteiger partial charge is 0.481 e. The van der Waals surface area contributed by atoms with Crippen molar-refractivity contribution in [1.82, 2.24) is 14.9 Å². The van der Waals surface area contributed by atoms with E-state index in [4.69, 9.17) is 4.74 Å². The van der Waals surface area contributed by atoms with Crippen LogP contribution in [-0.2, 0) is 11.3 Å². The number of benzene rings is 1. The van der Waals surface area contributed by atoms with E-state index in [0.717, 1.165) is 25.1 Å². The summed E-state index contributed by atoms with van der Waals surface area (Å²) in [6, 6.07) is 2.93. The summed E-state index contributed by atoms with van der Waals surface area (Å²) in [5.74, 6) is -2.03. The highest BCUT2D eigenvalue weighted by atomic mass is 19.1. The first kappa shape index (κ1) is 15.0. The highest BCUT2D eigenvalue weighted by molar-refractivity contribution is 5.77. The van der Waals surface area contributed by atoms with Gasteiger partial charge in [-0.05, 0) is 18.6 Å². The Morgan fingerprint density at radius 2 is 2.24 bits per heavy atom. The molecule has 1 amide bonds. The van der Waals surface area contributed by atoms with Crippen molar-refractivity contribution in [3.05, 3.63) is 48.6 Å². The van der Waals surface area contributed by atoms with Crippen LogP contribution in [0.15, 0.2) is 36.9 Å². The van der Waals surface area contributed by atoms with Gasteiger partial charge in [0.05, 0.1) is 6.33 Å². The average molecular weight is 295 g/mol. The zero-order valence-electron chi connectivity index (χ0n) is 11.3. The fourth-order valence-corrected chi connectivity index (χ4v) is 1.70. The first-order chi connectivity index (χ1) is 10.1. The molecule has 0 aliphatic rings. The maximum absolute atomic E-state index is 13.3. The summed E-state index contributed by atoms with van der Waals surface area (Å²) in [6.07, 6.45) is 5.96. The number of hydrogen-bond acceptors (Lipinski definition) is 3. The number of nitrogens with zero attached hydrogens (tertiary/aromatic N) is 2. The molecule has 0 saturated heterocycles. The first-order valence-electron chi connectivity index (χ1n) is 6.45. The van der Waals surface area contributed by atoms with Crippen LogP contribution in [0.4, 0.5) is 8.78 Å². The third-order valence-corrected chi connectivity index (χ3v) is 2.73. The monoisotopic (exact) mass is 295 g/mol. The van der Waals surface area contributed by atoms with Crippen LogP contribution >= 0.6 is 0 Å². The van der Waals surface area contributed by atoms with Crippen molar-refractivity contribution >= 4 is 5.91 Å². The topological polar surface area (TPSA) is 56.1 Å². The van der Waals surface area contributed by atoms with E-state index in [9.17, 15) is 13.6 Å². The lowest BCUT2D eigenvalue weighted by Crippen LogP contribution is -2.30. The number of nitrogens with one attached hydrogen (secondary N) is 1. The molecular weight excluding hydrogens is 280 g/mol. The maximum Gasteiger partial charge on any atom is 0.257 e. The second-order valence-corrected chi connectivity index (χ2v) is 4.37. The van der Waals surface area contributed by atoms with Gasteiger partial charge in [0.25, 0.3) is 5.91 Å². The molecule has 21 heavy (non-hydrogen) atoms. The molecule has 0 radical (unpaired) electrons. The van der Waals surface area contributed by atoms with Gasteiger partial charge in [-0.25, -0.2) is 13.8 Å². The van der Waals surface area contributed by atoms with Gasteiger partial charge in [0.15, 0.2) is 18.2 Å². The Balaban J connectivity index is 1.65. The van der Waals surface area contributed by atoms with Crippen molar-refractivity contribution in [2.45, 2.75) is 13.0 Å². The molecule has 7 heteroatoms. The molecule has 0 spiro atoms. The standard InChI is InChI=1S/C14H15F2N3O2/c15-11-2-3-13(12(16)8-11)21-9-14(20)18-4-1-6-19-7-5-17-10-19/h2-3,5,7-8,10H,1,4,6,9H2,(H,18,20). The first-order valence-corrected chi connectivity index (χ1v) is 6.45. The zero-order chi connectivity index (χ0) is 15.1. The van der Waals surface area contributed by atoms with Crippen molar-refractivity contribution in [2.24, 2.45) is 0 Å². The Morgan fingerprint density at radius 3 is 2.95 bits per heavy atom. The molecule has 0 unspecified atom stereocenters. The van der Waals surface area contributed by atoms with E-state index < -0.39 is 11.6 Å². The fraction of sp³-hybridized carbons (Fsp3) is 0.286. The van der Waals surface area contributed by atoms with E-state index in [-0.39, 0.29) is 18.3 Å². The highest BCUT2D eigenvalue weighted by Gasteiger charge is 2.07. The quantitative estimate of drug-likeness (QED) is 0.792. The molecule has 0 bridgehead atoms. The molecule has 0 saturated carbocycles. The SMILES string of the molecule is O=C(COc1ccc(F)cc1F)NCCCn1ccnc1. The van der Waals surface area contributed by atoms with Crippen LogP contribution in [0.1, 0.15) is 6.42 Å². The van der Waals surface area contributed by atoms with Crippen LogP contribution in [0.3, 0.4) is 0 Å². The smallest absolute Gasteiger partial charge is 0.257 e. The number of ether oxygens (including phenoxy) is 1. The fourth-order valence-electron chi connectivity index (χ4n) is 1.70. The van der Waals surface area contributed by atoms with E-state index in [1.165, 1.54) is 0 Å². The number of imidazole rings is 1. The highest BCUT2D eigenvalue weighted by Crippen LogP contribution is 2.17. The van der Waals surface area contributed by atoms with Crippen molar-refractivity contribution < 1.29 is 18.3 Å². The van der Waals surface area contributed by atoms with Gasteiger partial charge >= 0.3 is 0 Å². The van der Waals surface area contributed by atoms with E-state index in [2.05, 4.69) is 10.3 Å². The number of halogens is 2. The van der Waals surface area contributed by atoms with Crippen molar-refractivity contribution in [3.63, 3.8) is 0 Å². The van der Waals surface area contributed by atoms with Crippen LogP contribution in [0, 0.1) is 11.6 Å². The Labute approximate surface area is 120 Å². The van der Waals surface area contributed by atoms with Crippen LogP contribution < -0.4 is 10.1 Å². The van der Waals surface area contributed by atoms with Crippen molar-refractivity contribution in [2.75, 3.05) is 13.2 Å². The van der Waals surface area contributed by atoms with Gasteiger partial charge in [-0.15, -0.1) is 0 Å². The van der Waals surface area contributed by atoms with Crippen LogP contribution in [0.2, 0.25) is 0 Å². The molecule has 1 aromatic heterocycles. The van der Waals surface area contributed by atoms with Crippen molar-refractivity contribution in [1.29, 1.82) is 0 Å². The summed E-state index contributed by atoms with van der Waals surface area (Å²) in [5, 5.41) is 2.65. The maximum atomic E-state index is 13.3. The third kappa shape index (κ3) is 4.87. The summed E-state index contributed by atoms with van der Waals surface area (Å²) in [6.45, 7) is 0.910. The van der Waals surface area contributed by atoms with Gasteiger partial charge in [-0.1, -0.05) is 0 Å². The number of carbonyl (C=O) groups is 1. The predicted octanol–water partition coefficient (Wildman–Crippen LogP) is 1.75. The second kappa shape index (κ2) is 7.37. The Morgan fingerprint density at radius 1 is 1.38 bits per heavy atom. The van der Waals surface area contributed by atoms with Gasteiger partial charge < -0.3 is 14.6 Å². The lowest BCUT2D eigenvalue weighted by molar-refractivity contribution is -0.123. The lowest BCUT2D eigenvalue weighted by atomic mass is 10.3. The van der Waals surface area contributed by atoms with E-state index in [0.29, 0.717) is 12.6 Å². The molecule has 5 nitrogen and oxygen atoms in total. The molecule has 0 atom stereocenters. The minimum atomic E-state index is -0.831. The lowest BCUT2D eigenvalue weighted by Gasteiger charge is -2.08. The Kier molecular flexibility index (Phi) is 5.25. The van der Waals surface area contributed by atoms with Gasteiger partial charge in [0.1, 0.15) is 5.82 Å². The molecule has 0 fully saturated rings. The van der Waals surface area contributed by atoms with Gasteiger partial charge in [0.2, 0.25) is 0 Å². The summed E-state index contributed by atoms with van der Waals surface area (Å²) in [5.41, 5.74) is 0. The number of rotatable bonds is 7. The molecule has 112 valence electrons. The van der Waals surface area contributed by atoms with Crippen LogP contribution in [-0.4, -0.2) is 28.6 Å². The van der Waals surface area contributed by atoms with Crippen molar-refractivity contribution in [3.8, 4) is 5.75 Å². The molecule has 2 rings (SSSR count). The predicted molar refractivity (Wildman–Crippen MR) is 71.7 cm³/mol. The summed E-state index contributed by atoms with van der Waals surface area (Å²) < 4.78 is 32.8. The Hall–Kier alpha value is -2.44. The number of amides is 1.